The zero-order chi connectivity index (χ0) is 33.7. The molecule has 4 fully saturated rings. The Bertz CT molecular complexity index is 910. The summed E-state index contributed by atoms with van der Waals surface area (Å²) < 4.78 is 39.7. The van der Waals surface area contributed by atoms with Crippen LogP contribution in [0.4, 0.5) is 0 Å². The lowest BCUT2D eigenvalue weighted by Gasteiger charge is -2.47. The Labute approximate surface area is 265 Å². The Morgan fingerprint density at radius 2 is 1.28 bits per heavy atom. The molecule has 19 nitrogen and oxygen atoms in total. The molecule has 17 atom stereocenters. The second kappa shape index (κ2) is 17.3. The molecular weight excluding hydrogens is 624 g/mol. The van der Waals surface area contributed by atoms with Gasteiger partial charge in [0.1, 0.15) is 73.2 Å². The molecule has 12 N–H and O–H groups in total. The predicted molar refractivity (Wildman–Crippen MR) is 149 cm³/mol. The van der Waals surface area contributed by atoms with Gasteiger partial charge in [0.25, 0.3) is 0 Å². The molecule has 0 aromatic rings. The molecule has 4 aliphatic rings. The number of nitrogens with two attached hydrogens (primary N) is 1. The van der Waals surface area contributed by atoms with E-state index in [0.717, 1.165) is 0 Å². The summed E-state index contributed by atoms with van der Waals surface area (Å²) in [7, 11) is 0. The maximum absolute atomic E-state index is 11.1. The largest absolute Gasteiger partial charge is 0.394 e. The van der Waals surface area contributed by atoms with Gasteiger partial charge in [-0.05, 0) is 26.4 Å². The van der Waals surface area contributed by atoms with Gasteiger partial charge in [-0.1, -0.05) is 0 Å². The van der Waals surface area contributed by atoms with Crippen molar-refractivity contribution in [3.8, 4) is 0 Å². The van der Waals surface area contributed by atoms with Crippen LogP contribution in [0.5, 0.6) is 0 Å². The quantitative estimate of drug-likeness (QED) is 0.0865. The van der Waals surface area contributed by atoms with Gasteiger partial charge in [0.05, 0.1) is 38.6 Å². The number of aliphatic hydroxyl groups is 10. The minimum Gasteiger partial charge on any atom is -0.394 e. The van der Waals surface area contributed by atoms with Crippen LogP contribution in [0.1, 0.15) is 13.3 Å². The monoisotopic (exact) mass is 674 g/mol. The fourth-order valence-corrected chi connectivity index (χ4v) is 6.01. The molecule has 0 aliphatic carbocycles. The number of nitrogens with zero attached hydrogens (tertiary/aromatic N) is 1. The number of ether oxygens (including phenoxy) is 7. The smallest absolute Gasteiger partial charge is 0.187 e. The van der Waals surface area contributed by atoms with E-state index in [0.29, 0.717) is 26.1 Å². The summed E-state index contributed by atoms with van der Waals surface area (Å²) in [6, 6.07) is 0. The first-order valence-electron chi connectivity index (χ1n) is 15.5. The predicted octanol–water partition coefficient (Wildman–Crippen LogP) is -7.11. The van der Waals surface area contributed by atoms with Gasteiger partial charge in [-0.2, -0.15) is 0 Å². The summed E-state index contributed by atoms with van der Waals surface area (Å²) in [6.07, 6.45) is -23.0. The highest BCUT2D eigenvalue weighted by molar-refractivity contribution is 4.96. The SMILES string of the molecule is CC1OC(COC2OC(CO)C(O)C(OC3CN(CCCN)CC(CO)O3)C2O)C(O)C(OC2OC(CO)C(O)C(O)C2O)C1O. The fourth-order valence-electron chi connectivity index (χ4n) is 6.01. The van der Waals surface area contributed by atoms with Gasteiger partial charge in [-0.3, -0.25) is 4.90 Å². The van der Waals surface area contributed by atoms with E-state index < -0.39 is 124 Å². The van der Waals surface area contributed by atoms with Gasteiger partial charge in [0, 0.05) is 13.1 Å². The van der Waals surface area contributed by atoms with Gasteiger partial charge in [-0.25, -0.2) is 0 Å². The Hall–Kier alpha value is -0.760. The van der Waals surface area contributed by atoms with Crippen LogP contribution >= 0.6 is 0 Å². The molecule has 17 unspecified atom stereocenters. The van der Waals surface area contributed by atoms with Crippen LogP contribution in [0.25, 0.3) is 0 Å². The van der Waals surface area contributed by atoms with Crippen molar-refractivity contribution >= 4 is 0 Å². The van der Waals surface area contributed by atoms with E-state index in [1.807, 2.05) is 4.90 Å². The maximum atomic E-state index is 11.1. The third-order valence-corrected chi connectivity index (χ3v) is 8.72. The van der Waals surface area contributed by atoms with Crippen LogP contribution in [0, 0.1) is 0 Å². The van der Waals surface area contributed by atoms with Crippen molar-refractivity contribution in [3.05, 3.63) is 0 Å². The molecule has 0 radical (unpaired) electrons. The van der Waals surface area contributed by atoms with Crippen molar-refractivity contribution < 1.29 is 84.2 Å². The highest BCUT2D eigenvalue weighted by atomic mass is 16.7. The molecule has 4 rings (SSSR count). The first kappa shape index (κ1) is 38.0. The minimum absolute atomic E-state index is 0.251. The van der Waals surface area contributed by atoms with E-state index in [2.05, 4.69) is 0 Å². The molecule has 0 amide bonds. The number of morpholine rings is 1. The number of rotatable bonds is 13. The molecule has 0 saturated carbocycles. The molecular formula is C27H50N2O17. The van der Waals surface area contributed by atoms with Crippen LogP contribution in [-0.4, -0.2) is 213 Å². The van der Waals surface area contributed by atoms with E-state index >= 15 is 0 Å². The van der Waals surface area contributed by atoms with Crippen LogP contribution in [0.2, 0.25) is 0 Å². The normalized spacial score (nSPS) is 47.6. The van der Waals surface area contributed by atoms with Crippen LogP contribution < -0.4 is 5.73 Å². The fraction of sp³-hybridized carbons (Fsp3) is 1.00. The van der Waals surface area contributed by atoms with E-state index in [-0.39, 0.29) is 13.2 Å². The number of aliphatic hydroxyl groups excluding tert-OH is 10. The Morgan fingerprint density at radius 1 is 0.652 bits per heavy atom. The van der Waals surface area contributed by atoms with Gasteiger partial charge in [0.15, 0.2) is 18.9 Å². The van der Waals surface area contributed by atoms with Gasteiger partial charge in [-0.15, -0.1) is 0 Å². The van der Waals surface area contributed by atoms with Crippen molar-refractivity contribution in [3.63, 3.8) is 0 Å². The average Bonchev–Trinajstić information content (AvgIpc) is 3.05. The summed E-state index contributed by atoms with van der Waals surface area (Å²) in [6.45, 7) is 1.09. The molecule has 4 saturated heterocycles. The van der Waals surface area contributed by atoms with Crippen LogP contribution in [-0.2, 0) is 33.2 Å². The van der Waals surface area contributed by atoms with Crippen LogP contribution in [0.3, 0.4) is 0 Å². The highest BCUT2D eigenvalue weighted by Gasteiger charge is 2.51. The molecule has 0 bridgehead atoms. The lowest BCUT2D eigenvalue weighted by Crippen LogP contribution is -2.65. The standard InChI is InChI=1S/C27H50N2O17/c1-11-17(33)24(46-27-22(38)21(37)18(34)13(8-31)44-27)20(36)15(41-11)10-40-26-23(39)25(19(35)14(9-32)43-26)45-16-6-29(4-2-3-28)5-12(7-30)42-16/h11-27,30-39H,2-10,28H2,1H3. The molecule has 46 heavy (non-hydrogen) atoms. The summed E-state index contributed by atoms with van der Waals surface area (Å²) in [5.41, 5.74) is 5.62. The zero-order valence-corrected chi connectivity index (χ0v) is 25.5. The lowest BCUT2D eigenvalue weighted by atomic mass is 9.94. The summed E-state index contributed by atoms with van der Waals surface area (Å²) in [4.78, 5) is 1.97. The van der Waals surface area contributed by atoms with Gasteiger partial charge >= 0.3 is 0 Å². The number of hydrogen-bond donors (Lipinski definition) is 11. The Kier molecular flexibility index (Phi) is 14.3. The lowest BCUT2D eigenvalue weighted by molar-refractivity contribution is -0.352. The third-order valence-electron chi connectivity index (χ3n) is 8.72. The van der Waals surface area contributed by atoms with Crippen molar-refractivity contribution in [2.24, 2.45) is 5.73 Å². The maximum Gasteiger partial charge on any atom is 0.187 e. The Morgan fingerprint density at radius 3 is 1.93 bits per heavy atom. The zero-order valence-electron chi connectivity index (χ0n) is 25.5. The van der Waals surface area contributed by atoms with Crippen molar-refractivity contribution in [1.29, 1.82) is 0 Å². The van der Waals surface area contributed by atoms with E-state index in [1.165, 1.54) is 6.92 Å². The molecule has 4 heterocycles. The highest BCUT2D eigenvalue weighted by Crippen LogP contribution is 2.31. The molecule has 0 aromatic carbocycles. The van der Waals surface area contributed by atoms with E-state index in [9.17, 15) is 51.1 Å². The average molecular weight is 675 g/mol. The molecule has 0 spiro atoms. The first-order chi connectivity index (χ1) is 21.9. The molecule has 0 aromatic heterocycles. The van der Waals surface area contributed by atoms with Crippen LogP contribution in [0.15, 0.2) is 0 Å². The van der Waals surface area contributed by atoms with E-state index in [4.69, 9.17) is 38.9 Å². The third kappa shape index (κ3) is 8.69. The first-order valence-corrected chi connectivity index (χ1v) is 15.5. The Balaban J connectivity index is 1.40. The van der Waals surface area contributed by atoms with Gasteiger partial charge in [0.2, 0.25) is 0 Å². The molecule has 4 aliphatic heterocycles. The van der Waals surface area contributed by atoms with E-state index in [1.54, 1.807) is 0 Å². The summed E-state index contributed by atoms with van der Waals surface area (Å²) in [5, 5.41) is 103. The summed E-state index contributed by atoms with van der Waals surface area (Å²) in [5.74, 6) is 0. The van der Waals surface area contributed by atoms with Gasteiger partial charge < -0.3 is 90.0 Å². The minimum atomic E-state index is -1.79. The van der Waals surface area contributed by atoms with Crippen molar-refractivity contribution in [2.75, 3.05) is 52.6 Å². The topological polar surface area (TPSA) is 296 Å². The molecule has 270 valence electrons. The second-order valence-electron chi connectivity index (χ2n) is 12.1. The molecule has 19 heteroatoms. The second-order valence-corrected chi connectivity index (χ2v) is 12.1. The van der Waals surface area contributed by atoms with Crippen molar-refractivity contribution in [1.82, 2.24) is 4.90 Å². The van der Waals surface area contributed by atoms with Crippen molar-refractivity contribution in [2.45, 2.75) is 118 Å². The number of hydrogen-bond acceptors (Lipinski definition) is 19. The summed E-state index contributed by atoms with van der Waals surface area (Å²) >= 11 is 0.